The van der Waals surface area contributed by atoms with Gasteiger partial charge in [-0.3, -0.25) is 23.7 Å². The Labute approximate surface area is 204 Å². The lowest BCUT2D eigenvalue weighted by molar-refractivity contribution is -0.163. The van der Waals surface area contributed by atoms with Crippen LogP contribution in [0.2, 0.25) is 0 Å². The molecule has 2 heterocycles. The summed E-state index contributed by atoms with van der Waals surface area (Å²) in [6, 6.07) is 0.792. The van der Waals surface area contributed by atoms with Crippen molar-refractivity contribution in [3.8, 4) is 0 Å². The van der Waals surface area contributed by atoms with Gasteiger partial charge < -0.3 is 55.2 Å². The molecule has 37 heavy (non-hydrogen) atoms. The average Bonchev–Trinajstić information content (AvgIpc) is 3.07. The molecular formula is C15H24N2O18P2. The van der Waals surface area contributed by atoms with Crippen molar-refractivity contribution in [3.63, 3.8) is 0 Å². The number of phosphoric acid groups is 2. The van der Waals surface area contributed by atoms with Crippen molar-refractivity contribution in [2.45, 2.75) is 55.1 Å². The minimum atomic E-state index is -5.97. The van der Waals surface area contributed by atoms with Crippen molar-refractivity contribution in [1.29, 1.82) is 0 Å². The number of ketones is 1. The Hall–Kier alpha value is -1.71. The van der Waals surface area contributed by atoms with E-state index in [0.29, 0.717) is 4.57 Å². The third-order valence-electron chi connectivity index (χ3n) is 4.98. The Bertz CT molecular complexity index is 1160. The Morgan fingerprint density at radius 1 is 1.08 bits per heavy atom. The van der Waals surface area contributed by atoms with Gasteiger partial charge in [0, 0.05) is 12.3 Å². The van der Waals surface area contributed by atoms with Crippen LogP contribution in [0, 0.1) is 0 Å². The Kier molecular flexibility index (Phi) is 10.2. The molecule has 0 radical (unpaired) electrons. The van der Waals surface area contributed by atoms with Crippen LogP contribution in [0.5, 0.6) is 0 Å². The highest BCUT2D eigenvalue weighted by atomic mass is 31.3. The van der Waals surface area contributed by atoms with Crippen LogP contribution in [0.1, 0.15) is 6.23 Å². The predicted octanol–water partition coefficient (Wildman–Crippen LogP) is -6.24. The van der Waals surface area contributed by atoms with E-state index in [0.717, 1.165) is 12.3 Å². The molecule has 1 aromatic heterocycles. The summed E-state index contributed by atoms with van der Waals surface area (Å²) in [7, 11) is -11.7. The lowest BCUT2D eigenvalue weighted by Crippen LogP contribution is -2.54. The minimum Gasteiger partial charge on any atom is -0.394 e. The second-order valence-electron chi connectivity index (χ2n) is 7.63. The number of nitrogens with zero attached hydrogens (tertiary/aromatic N) is 1. The lowest BCUT2D eigenvalue weighted by Gasteiger charge is -2.30. The summed E-state index contributed by atoms with van der Waals surface area (Å²) < 4.78 is 36.7. The number of ether oxygens (including phenoxy) is 1. The maximum Gasteiger partial charge on any atom is 0.481 e. The zero-order chi connectivity index (χ0) is 28.5. The molecule has 1 saturated heterocycles. The van der Waals surface area contributed by atoms with E-state index in [9.17, 15) is 59.0 Å². The van der Waals surface area contributed by atoms with E-state index < -0.39 is 94.3 Å². The van der Waals surface area contributed by atoms with Gasteiger partial charge in [-0.05, 0) is 0 Å². The zero-order valence-electron chi connectivity index (χ0n) is 18.1. The number of carbonyl (C=O) groups is 1. The van der Waals surface area contributed by atoms with Crippen molar-refractivity contribution in [2.75, 3.05) is 6.61 Å². The molecule has 0 bridgehead atoms. The van der Waals surface area contributed by atoms with Crippen molar-refractivity contribution in [3.05, 3.63) is 33.1 Å². The average molecular weight is 582 g/mol. The van der Waals surface area contributed by atoms with Crippen LogP contribution in [-0.4, -0.2) is 121 Å². The number of aromatic nitrogens is 2. The molecular weight excluding hydrogens is 558 g/mol. The summed E-state index contributed by atoms with van der Waals surface area (Å²) in [5.74, 6) is -1.93. The van der Waals surface area contributed by atoms with Gasteiger partial charge in [0.05, 0.1) is 6.61 Å². The van der Waals surface area contributed by atoms with Gasteiger partial charge in [-0.1, -0.05) is 0 Å². The lowest BCUT2D eigenvalue weighted by atomic mass is 9.94. The normalized spacial score (nSPS) is 28.2. The number of phosphoric ester groups is 1. The number of Topliss-reactive ketones (excluding diaryl/α,β-unsaturated/α-hetero) is 1. The molecule has 1 aromatic rings. The van der Waals surface area contributed by atoms with E-state index >= 15 is 0 Å². The first-order valence-corrected chi connectivity index (χ1v) is 12.9. The number of carbonyl (C=O) groups excluding carboxylic acids is 1. The summed E-state index contributed by atoms with van der Waals surface area (Å²) >= 11 is 0. The second kappa shape index (κ2) is 12.0. The summed E-state index contributed by atoms with van der Waals surface area (Å²) in [6.07, 6.45) is -20.7. The molecule has 212 valence electrons. The highest BCUT2D eigenvalue weighted by Gasteiger charge is 2.54. The monoisotopic (exact) mass is 582 g/mol. The van der Waals surface area contributed by atoms with Crippen molar-refractivity contribution in [1.82, 2.24) is 9.55 Å². The van der Waals surface area contributed by atoms with Crippen LogP contribution in [0.25, 0.3) is 0 Å². The number of H-pyrrole nitrogens is 1. The summed E-state index contributed by atoms with van der Waals surface area (Å²) in [6.45, 7) is -1.16. The van der Waals surface area contributed by atoms with E-state index in [2.05, 4.69) is 8.83 Å². The first kappa shape index (κ1) is 31.5. The van der Waals surface area contributed by atoms with Crippen LogP contribution in [0.4, 0.5) is 0 Å². The molecule has 2 unspecified atom stereocenters. The van der Waals surface area contributed by atoms with E-state index in [1.165, 1.54) is 0 Å². The summed E-state index contributed by atoms with van der Waals surface area (Å²) in [4.78, 5) is 65.3. The Morgan fingerprint density at radius 3 is 2.19 bits per heavy atom. The highest BCUT2D eigenvalue weighted by Crippen LogP contribution is 2.58. The fourth-order valence-electron chi connectivity index (χ4n) is 3.22. The molecule has 11 N–H and O–H groups in total. The number of nitrogens with one attached hydrogen (secondary N) is 1. The molecule has 1 aliphatic heterocycles. The number of rotatable bonds is 12. The van der Waals surface area contributed by atoms with Crippen LogP contribution < -0.4 is 11.2 Å². The molecule has 2 rings (SSSR count). The van der Waals surface area contributed by atoms with Crippen LogP contribution in [0.3, 0.4) is 0 Å². The fourth-order valence-corrected chi connectivity index (χ4v) is 4.96. The SMILES string of the molecule is O=C(C(OP(=O)(O)OP(=O)(O)O)[C@H]1O[C@@H](n2ccc(=O)[nH]c2=O)[C@H](O)[C@@H]1O)[C@H](O)[C@@H](O)[C@H](O)[C@H](O)CO. The zero-order valence-corrected chi connectivity index (χ0v) is 19.9. The molecule has 0 saturated carbocycles. The van der Waals surface area contributed by atoms with Gasteiger partial charge in [-0.25, -0.2) is 13.9 Å². The van der Waals surface area contributed by atoms with E-state index in [1.807, 2.05) is 0 Å². The third-order valence-corrected chi connectivity index (χ3v) is 7.15. The molecule has 0 amide bonds. The fraction of sp³-hybridized carbons (Fsp3) is 0.667. The topological polar surface area (TPSA) is 336 Å². The Morgan fingerprint density at radius 2 is 1.68 bits per heavy atom. The Balaban J connectivity index is 2.48. The molecule has 22 heteroatoms. The molecule has 10 atom stereocenters. The van der Waals surface area contributed by atoms with Gasteiger partial charge >= 0.3 is 21.3 Å². The van der Waals surface area contributed by atoms with Crippen molar-refractivity contribution in [2.24, 2.45) is 0 Å². The molecule has 1 fully saturated rings. The summed E-state index contributed by atoms with van der Waals surface area (Å²) in [5, 5.41) is 68.9. The van der Waals surface area contributed by atoms with Gasteiger partial charge in [-0.2, -0.15) is 4.31 Å². The van der Waals surface area contributed by atoms with E-state index in [-0.39, 0.29) is 0 Å². The molecule has 1 aliphatic rings. The maximum atomic E-state index is 12.9. The van der Waals surface area contributed by atoms with Gasteiger partial charge in [0.2, 0.25) is 0 Å². The predicted molar refractivity (Wildman–Crippen MR) is 111 cm³/mol. The number of aliphatic hydroxyl groups is 7. The highest BCUT2D eigenvalue weighted by molar-refractivity contribution is 7.60. The van der Waals surface area contributed by atoms with E-state index in [1.54, 1.807) is 4.98 Å². The van der Waals surface area contributed by atoms with Gasteiger partial charge in [-0.15, -0.1) is 0 Å². The van der Waals surface area contributed by atoms with Crippen LogP contribution in [0.15, 0.2) is 21.9 Å². The molecule has 0 aliphatic carbocycles. The second-order valence-corrected chi connectivity index (χ2v) is 10.4. The minimum absolute atomic E-state index is 0.508. The molecule has 0 spiro atoms. The summed E-state index contributed by atoms with van der Waals surface area (Å²) in [5.41, 5.74) is -2.07. The largest absolute Gasteiger partial charge is 0.481 e. The van der Waals surface area contributed by atoms with Crippen molar-refractivity contribution < 1.29 is 77.9 Å². The van der Waals surface area contributed by atoms with Crippen LogP contribution in [-0.2, 0) is 27.5 Å². The van der Waals surface area contributed by atoms with Gasteiger partial charge in [0.15, 0.2) is 18.1 Å². The third kappa shape index (κ3) is 7.67. The first-order valence-electron chi connectivity index (χ1n) is 9.88. The smallest absolute Gasteiger partial charge is 0.394 e. The molecule has 0 aromatic carbocycles. The maximum absolute atomic E-state index is 12.9. The van der Waals surface area contributed by atoms with E-state index in [4.69, 9.17) is 19.6 Å². The van der Waals surface area contributed by atoms with Crippen LogP contribution >= 0.6 is 15.6 Å². The standard InChI is InChI=1S/C15H24N2O18P2/c18-3-4(19)6(21)7(22)8(23)9(24)13(34-37(31,32)35-36(28,29)30)12-10(25)11(26)14(33-12)17-2-1-5(20)16-15(17)27/h1-2,4,6-8,10-14,18-19,21-23,25-26H,3H2,(H,31,32)(H,16,20,27)(H2,28,29,30)/t4-,6-,7+,8-,10+,11-,12+,13?,14-/m1/s1. The number of hydrogen-bond donors (Lipinski definition) is 11. The first-order chi connectivity index (χ1) is 16.9. The van der Waals surface area contributed by atoms with Crippen molar-refractivity contribution >= 4 is 21.4 Å². The quantitative estimate of drug-likeness (QED) is 0.102. The number of hydrogen-bond acceptors (Lipinski definition) is 15. The van der Waals surface area contributed by atoms with Gasteiger partial charge in [0.1, 0.15) is 42.7 Å². The van der Waals surface area contributed by atoms with Gasteiger partial charge in [0.25, 0.3) is 5.56 Å². The molecule has 20 nitrogen and oxygen atoms in total. The number of aromatic amines is 1. The number of aliphatic hydroxyl groups excluding tert-OH is 7.